The molecule has 1 heterocycles. The summed E-state index contributed by atoms with van der Waals surface area (Å²) in [6.45, 7) is 6.90. The molecule has 2 atom stereocenters. The van der Waals surface area contributed by atoms with Gasteiger partial charge in [-0.1, -0.05) is 12.1 Å². The second-order valence-corrected chi connectivity index (χ2v) is 6.73. The van der Waals surface area contributed by atoms with E-state index in [2.05, 4.69) is 10.2 Å². The number of amides is 1. The zero-order valence-electron chi connectivity index (χ0n) is 14.5. The molecule has 1 amide bonds. The zero-order chi connectivity index (χ0) is 17.0. The number of carbonyl (C=O) groups excluding carboxylic acids is 1. The van der Waals surface area contributed by atoms with Crippen LogP contribution in [0.2, 0.25) is 0 Å². The number of benzene rings is 1. The van der Waals surface area contributed by atoms with E-state index in [1.807, 2.05) is 45.0 Å². The summed E-state index contributed by atoms with van der Waals surface area (Å²) in [5.74, 6) is 0.779. The fraction of sp³-hybridized carbons (Fsp3) is 0.611. The Labute approximate surface area is 138 Å². The molecule has 5 heteroatoms. The van der Waals surface area contributed by atoms with Gasteiger partial charge in [-0.05, 0) is 57.9 Å². The normalized spacial score (nSPS) is 21.2. The van der Waals surface area contributed by atoms with Crippen molar-refractivity contribution in [3.63, 3.8) is 0 Å². The van der Waals surface area contributed by atoms with Crippen LogP contribution in [0.3, 0.4) is 0 Å². The molecular formula is C18H28N2O3. The number of nitrogens with zero attached hydrogens (tertiary/aromatic N) is 1. The van der Waals surface area contributed by atoms with E-state index in [9.17, 15) is 9.90 Å². The number of hydrogen-bond acceptors (Lipinski definition) is 4. The Morgan fingerprint density at radius 1 is 1.43 bits per heavy atom. The molecule has 128 valence electrons. The summed E-state index contributed by atoms with van der Waals surface area (Å²) in [5.41, 5.74) is -0.152. The third kappa shape index (κ3) is 4.24. The number of ether oxygens (including phenoxy) is 1. The van der Waals surface area contributed by atoms with Gasteiger partial charge in [-0.2, -0.15) is 0 Å². The highest BCUT2D eigenvalue weighted by molar-refractivity contribution is 5.78. The number of likely N-dealkylation sites (tertiary alicyclic amines) is 1. The second kappa shape index (κ2) is 7.32. The highest BCUT2D eigenvalue weighted by atomic mass is 16.5. The molecule has 5 nitrogen and oxygen atoms in total. The Balaban J connectivity index is 2.11. The van der Waals surface area contributed by atoms with Crippen LogP contribution in [0, 0.1) is 0 Å². The average Bonchev–Trinajstić information content (AvgIpc) is 2.95. The maximum atomic E-state index is 12.1. The van der Waals surface area contributed by atoms with Gasteiger partial charge in [0.2, 0.25) is 5.91 Å². The minimum atomic E-state index is -0.999. The van der Waals surface area contributed by atoms with E-state index in [0.717, 1.165) is 30.7 Å². The molecule has 23 heavy (non-hydrogen) atoms. The van der Waals surface area contributed by atoms with E-state index in [1.165, 1.54) is 0 Å². The van der Waals surface area contributed by atoms with Crippen LogP contribution in [0.4, 0.5) is 0 Å². The monoisotopic (exact) mass is 320 g/mol. The third-order valence-electron chi connectivity index (χ3n) is 4.48. The minimum Gasteiger partial charge on any atom is -0.497 e. The molecule has 0 aromatic heterocycles. The van der Waals surface area contributed by atoms with Gasteiger partial charge in [0.25, 0.3) is 0 Å². The summed E-state index contributed by atoms with van der Waals surface area (Å²) in [4.78, 5) is 14.1. The summed E-state index contributed by atoms with van der Waals surface area (Å²) in [5, 5.41) is 14.0. The van der Waals surface area contributed by atoms with E-state index >= 15 is 0 Å². The van der Waals surface area contributed by atoms with E-state index in [1.54, 1.807) is 7.11 Å². The molecule has 1 aromatic rings. The Kier molecular flexibility index (Phi) is 5.65. The van der Waals surface area contributed by atoms with Crippen LogP contribution in [-0.2, 0) is 10.4 Å². The lowest BCUT2D eigenvalue weighted by Crippen LogP contribution is -2.49. The van der Waals surface area contributed by atoms with E-state index in [0.29, 0.717) is 6.54 Å². The van der Waals surface area contributed by atoms with Crippen molar-refractivity contribution in [3.8, 4) is 5.75 Å². The lowest BCUT2D eigenvalue weighted by Gasteiger charge is -2.36. The van der Waals surface area contributed by atoms with E-state index < -0.39 is 5.60 Å². The zero-order valence-corrected chi connectivity index (χ0v) is 14.5. The standard InChI is InChI=1S/C18H28N2O3/c1-13(2)19-17(21)12-20-11-5-6-16(20)18(3,22)14-7-9-15(23-4)10-8-14/h7-10,13,16,22H,5-6,11-12H2,1-4H3,(H,19,21). The van der Waals surface area contributed by atoms with Crippen molar-refractivity contribution in [2.24, 2.45) is 0 Å². The van der Waals surface area contributed by atoms with Crippen molar-refractivity contribution in [1.82, 2.24) is 10.2 Å². The van der Waals surface area contributed by atoms with Gasteiger partial charge in [-0.25, -0.2) is 0 Å². The molecule has 1 aliphatic rings. The molecular weight excluding hydrogens is 292 g/mol. The van der Waals surface area contributed by atoms with Crippen molar-refractivity contribution in [1.29, 1.82) is 0 Å². The lowest BCUT2D eigenvalue weighted by molar-refractivity contribution is -0.124. The largest absolute Gasteiger partial charge is 0.497 e. The topological polar surface area (TPSA) is 61.8 Å². The highest BCUT2D eigenvalue weighted by Crippen LogP contribution is 2.35. The molecule has 1 fully saturated rings. The highest BCUT2D eigenvalue weighted by Gasteiger charge is 2.41. The van der Waals surface area contributed by atoms with E-state index in [4.69, 9.17) is 4.74 Å². The van der Waals surface area contributed by atoms with Crippen LogP contribution in [-0.4, -0.2) is 48.2 Å². The first kappa shape index (κ1) is 17.8. The molecule has 0 radical (unpaired) electrons. The molecule has 2 unspecified atom stereocenters. The maximum absolute atomic E-state index is 12.1. The molecule has 1 aliphatic heterocycles. The van der Waals surface area contributed by atoms with Crippen molar-refractivity contribution in [3.05, 3.63) is 29.8 Å². The van der Waals surface area contributed by atoms with Crippen LogP contribution in [0.15, 0.2) is 24.3 Å². The Morgan fingerprint density at radius 3 is 2.65 bits per heavy atom. The van der Waals surface area contributed by atoms with Crippen LogP contribution in [0.5, 0.6) is 5.75 Å². The van der Waals surface area contributed by atoms with Gasteiger partial charge in [0, 0.05) is 12.1 Å². The SMILES string of the molecule is COc1ccc(C(C)(O)C2CCCN2CC(=O)NC(C)C)cc1. The molecule has 0 spiro atoms. The van der Waals surface area contributed by atoms with Crippen molar-refractivity contribution in [2.75, 3.05) is 20.2 Å². The summed E-state index contributed by atoms with van der Waals surface area (Å²) in [6.07, 6.45) is 1.87. The molecule has 2 N–H and O–H groups in total. The number of nitrogens with one attached hydrogen (secondary N) is 1. The minimum absolute atomic E-state index is 0.0115. The van der Waals surface area contributed by atoms with Crippen molar-refractivity contribution < 1.29 is 14.6 Å². The summed E-state index contributed by atoms with van der Waals surface area (Å²) in [6, 6.07) is 7.57. The van der Waals surface area contributed by atoms with Gasteiger partial charge in [0.1, 0.15) is 11.4 Å². The van der Waals surface area contributed by atoms with Gasteiger partial charge < -0.3 is 15.2 Å². The van der Waals surface area contributed by atoms with Crippen molar-refractivity contribution in [2.45, 2.75) is 51.3 Å². The summed E-state index contributed by atoms with van der Waals surface area (Å²) < 4.78 is 5.17. The number of rotatable bonds is 6. The summed E-state index contributed by atoms with van der Waals surface area (Å²) >= 11 is 0. The second-order valence-electron chi connectivity index (χ2n) is 6.73. The summed E-state index contributed by atoms with van der Waals surface area (Å²) in [7, 11) is 1.62. The van der Waals surface area contributed by atoms with Crippen molar-refractivity contribution >= 4 is 5.91 Å². The van der Waals surface area contributed by atoms with Crippen LogP contribution < -0.4 is 10.1 Å². The average molecular weight is 320 g/mol. The van der Waals surface area contributed by atoms with Gasteiger partial charge in [-0.15, -0.1) is 0 Å². The van der Waals surface area contributed by atoms with Crippen LogP contribution in [0.25, 0.3) is 0 Å². The number of methoxy groups -OCH3 is 1. The molecule has 0 bridgehead atoms. The molecule has 0 saturated carbocycles. The maximum Gasteiger partial charge on any atom is 0.234 e. The first-order valence-electron chi connectivity index (χ1n) is 8.25. The number of carbonyl (C=O) groups is 1. The number of aliphatic hydroxyl groups is 1. The van der Waals surface area contributed by atoms with Crippen LogP contribution in [0.1, 0.15) is 39.2 Å². The molecule has 2 rings (SSSR count). The van der Waals surface area contributed by atoms with Gasteiger partial charge in [0.15, 0.2) is 0 Å². The quantitative estimate of drug-likeness (QED) is 0.840. The molecule has 0 aliphatic carbocycles. The third-order valence-corrected chi connectivity index (χ3v) is 4.48. The van der Waals surface area contributed by atoms with E-state index in [-0.39, 0.29) is 18.0 Å². The smallest absolute Gasteiger partial charge is 0.234 e. The molecule has 1 aromatic carbocycles. The van der Waals surface area contributed by atoms with Crippen LogP contribution >= 0.6 is 0 Å². The fourth-order valence-corrected chi connectivity index (χ4v) is 3.32. The van der Waals surface area contributed by atoms with Gasteiger partial charge >= 0.3 is 0 Å². The fourth-order valence-electron chi connectivity index (χ4n) is 3.32. The Morgan fingerprint density at radius 2 is 2.09 bits per heavy atom. The first-order chi connectivity index (χ1) is 10.8. The first-order valence-corrected chi connectivity index (χ1v) is 8.25. The number of hydrogen-bond donors (Lipinski definition) is 2. The molecule has 1 saturated heterocycles. The van der Waals surface area contributed by atoms with Gasteiger partial charge in [-0.3, -0.25) is 9.69 Å². The Bertz CT molecular complexity index is 526. The predicted octanol–water partition coefficient (Wildman–Crippen LogP) is 1.89. The lowest BCUT2D eigenvalue weighted by atomic mass is 9.86. The van der Waals surface area contributed by atoms with Gasteiger partial charge in [0.05, 0.1) is 13.7 Å². The Hall–Kier alpha value is -1.59. The predicted molar refractivity (Wildman–Crippen MR) is 90.4 cm³/mol.